The number of esters is 6. The minimum atomic E-state index is -2.02. The van der Waals surface area contributed by atoms with Gasteiger partial charge < -0.3 is 52.8 Å². The van der Waals surface area contributed by atoms with E-state index >= 15 is 0 Å². The highest BCUT2D eigenvalue weighted by Crippen LogP contribution is 2.35. The van der Waals surface area contributed by atoms with Gasteiger partial charge in [-0.3, -0.25) is 4.79 Å². The van der Waals surface area contributed by atoms with Crippen LogP contribution in [0.4, 0.5) is 0 Å². The molecule has 5 aromatic carbocycles. The van der Waals surface area contributed by atoms with E-state index in [1.807, 2.05) is 0 Å². The summed E-state index contributed by atoms with van der Waals surface area (Å²) in [7, 11) is 0. The van der Waals surface area contributed by atoms with Gasteiger partial charge in [0, 0.05) is 0 Å². The summed E-state index contributed by atoms with van der Waals surface area (Å²) >= 11 is 0. The first-order valence-electron chi connectivity index (χ1n) is 21.9. The van der Waals surface area contributed by atoms with E-state index in [0.29, 0.717) is 0 Å². The number of hydrogen-bond donors (Lipinski definition) is 2. The molecule has 5 aromatic rings. The summed E-state index contributed by atoms with van der Waals surface area (Å²) in [4.78, 5) is 82.2. The lowest BCUT2D eigenvalue weighted by Crippen LogP contribution is -2.66. The number of aliphatic hydroxyl groups is 2. The normalized spacial score (nSPS) is 24.4. The predicted molar refractivity (Wildman–Crippen MR) is 240 cm³/mol. The van der Waals surface area contributed by atoms with Crippen molar-refractivity contribution in [3.63, 3.8) is 0 Å². The van der Waals surface area contributed by atoms with Crippen LogP contribution in [-0.2, 0) is 47.4 Å². The first kappa shape index (κ1) is 49.6. The van der Waals surface area contributed by atoms with Gasteiger partial charge >= 0.3 is 35.8 Å². The van der Waals surface area contributed by atoms with Gasteiger partial charge in [-0.2, -0.15) is 0 Å². The van der Waals surface area contributed by atoms with E-state index in [4.69, 9.17) is 42.6 Å². The van der Waals surface area contributed by atoms with Crippen LogP contribution in [0.3, 0.4) is 0 Å². The average molecular weight is 947 g/mol. The van der Waals surface area contributed by atoms with Crippen molar-refractivity contribution in [2.45, 2.75) is 82.2 Å². The third kappa shape index (κ3) is 12.6. The van der Waals surface area contributed by atoms with Crippen molar-refractivity contribution < 1.29 is 81.6 Å². The average Bonchev–Trinajstić information content (AvgIpc) is 3.37. The predicted octanol–water partition coefficient (Wildman–Crippen LogP) is 5.52. The van der Waals surface area contributed by atoms with E-state index in [9.17, 15) is 39.0 Å². The summed E-state index contributed by atoms with van der Waals surface area (Å²) in [6.07, 6.45) is -18.3. The van der Waals surface area contributed by atoms with Crippen LogP contribution in [0.2, 0.25) is 0 Å². The SMILES string of the molecule is CC(C)(C)C(=O)OC[C@H]1O[C@@H](O)[C@H](OC(=O)c2ccccc2)[C@@H](O)[C@@H]1O[C@@H]1O[C@H](COC(=O)c2ccccc2)[C@H](OC(=O)c2ccccc2)[C@H](OC(=O)c2ccccc2)[C@H]1OC(=O)c1ccccc1. The highest BCUT2D eigenvalue weighted by Gasteiger charge is 2.57. The molecule has 2 fully saturated rings. The summed E-state index contributed by atoms with van der Waals surface area (Å²) in [6, 6.07) is 38.8. The third-order valence-corrected chi connectivity index (χ3v) is 10.9. The van der Waals surface area contributed by atoms with Crippen LogP contribution < -0.4 is 0 Å². The molecule has 2 heterocycles. The molecule has 10 atom stereocenters. The topological polar surface area (TPSA) is 226 Å². The minimum absolute atomic E-state index is 0.0187. The van der Waals surface area contributed by atoms with E-state index in [2.05, 4.69) is 0 Å². The zero-order valence-electron chi connectivity index (χ0n) is 37.6. The molecule has 2 saturated heterocycles. The molecule has 17 heteroatoms. The van der Waals surface area contributed by atoms with Gasteiger partial charge in [0.2, 0.25) is 0 Å². The minimum Gasteiger partial charge on any atom is -0.462 e. The maximum atomic E-state index is 14.1. The maximum Gasteiger partial charge on any atom is 0.338 e. The second-order valence-electron chi connectivity index (χ2n) is 17.0. The molecule has 17 nitrogen and oxygen atoms in total. The Balaban J connectivity index is 1.33. The molecular weight excluding hydrogens is 897 g/mol. The number of aliphatic hydroxyl groups excluding tert-OH is 2. The van der Waals surface area contributed by atoms with Crippen molar-refractivity contribution in [3.05, 3.63) is 179 Å². The van der Waals surface area contributed by atoms with E-state index in [1.165, 1.54) is 60.7 Å². The van der Waals surface area contributed by atoms with E-state index in [1.54, 1.807) is 112 Å². The van der Waals surface area contributed by atoms with Gasteiger partial charge in [0.25, 0.3) is 0 Å². The Bertz CT molecular complexity index is 2520. The maximum absolute atomic E-state index is 14.1. The molecule has 2 aliphatic heterocycles. The lowest BCUT2D eigenvalue weighted by atomic mass is 9.95. The van der Waals surface area contributed by atoms with Crippen LogP contribution in [0.15, 0.2) is 152 Å². The van der Waals surface area contributed by atoms with Gasteiger partial charge in [-0.05, 0) is 81.4 Å². The highest BCUT2D eigenvalue weighted by molar-refractivity contribution is 5.92. The first-order chi connectivity index (χ1) is 33.2. The van der Waals surface area contributed by atoms with Crippen LogP contribution in [0.25, 0.3) is 0 Å². The standard InChI is InChI=1S/C52H50O17/c1-52(2,3)51(60)62-30-36-39(38(53)41(49(59)63-36)66-46(56)33-23-13-6-14-24-33)69-50-43(68-48(58)35-27-17-8-18-28-35)42(67-47(57)34-25-15-7-16-26-34)40(65-45(55)32-21-11-5-12-22-32)37(64-50)29-61-44(54)31-19-9-4-10-20-31/h4-28,36-43,49-50,53,59H,29-30H2,1-3H3/t36-,37-,38+,39-,40+,41-,42+,43-,49-,50+/m1/s1. The van der Waals surface area contributed by atoms with E-state index < -0.39 is 116 Å². The zero-order chi connectivity index (χ0) is 49.1. The van der Waals surface area contributed by atoms with Crippen LogP contribution >= 0.6 is 0 Å². The number of carbonyl (C=O) groups is 6. The fourth-order valence-corrected chi connectivity index (χ4v) is 7.27. The highest BCUT2D eigenvalue weighted by atomic mass is 16.8. The van der Waals surface area contributed by atoms with E-state index in [-0.39, 0.29) is 27.8 Å². The number of ether oxygens (including phenoxy) is 9. The summed E-state index contributed by atoms with van der Waals surface area (Å²) in [5, 5.41) is 23.4. The molecule has 2 aliphatic rings. The van der Waals surface area contributed by atoms with Gasteiger partial charge in [-0.25, -0.2) is 24.0 Å². The summed E-state index contributed by atoms with van der Waals surface area (Å²) in [5.74, 6) is -5.40. The summed E-state index contributed by atoms with van der Waals surface area (Å²) in [5.41, 5.74) is -0.705. The Kier molecular flexibility index (Phi) is 16.3. The van der Waals surface area contributed by atoms with Gasteiger partial charge in [-0.15, -0.1) is 0 Å². The Labute approximate surface area is 396 Å². The molecule has 0 bridgehead atoms. The molecule has 0 aromatic heterocycles. The Morgan fingerprint density at radius 3 is 1.20 bits per heavy atom. The third-order valence-electron chi connectivity index (χ3n) is 10.9. The summed E-state index contributed by atoms with van der Waals surface area (Å²) < 4.78 is 54.1. The number of hydrogen-bond acceptors (Lipinski definition) is 17. The van der Waals surface area contributed by atoms with Crippen LogP contribution in [-0.4, -0.2) is 121 Å². The molecule has 0 saturated carbocycles. The fourth-order valence-electron chi connectivity index (χ4n) is 7.27. The molecule has 360 valence electrons. The quantitative estimate of drug-likeness (QED) is 0.0973. The second kappa shape index (κ2) is 22.7. The smallest absolute Gasteiger partial charge is 0.338 e. The van der Waals surface area contributed by atoms with Crippen molar-refractivity contribution >= 4 is 35.8 Å². The number of benzene rings is 5. The van der Waals surface area contributed by atoms with Gasteiger partial charge in [0.15, 0.2) is 37.0 Å². The van der Waals surface area contributed by atoms with Gasteiger partial charge in [-0.1, -0.05) is 91.0 Å². The Morgan fingerprint density at radius 1 is 0.435 bits per heavy atom. The molecule has 0 unspecified atom stereocenters. The number of rotatable bonds is 15. The largest absolute Gasteiger partial charge is 0.462 e. The first-order valence-corrected chi connectivity index (χ1v) is 21.9. The van der Waals surface area contributed by atoms with Crippen molar-refractivity contribution in [1.29, 1.82) is 0 Å². The van der Waals surface area contributed by atoms with Crippen molar-refractivity contribution in [2.24, 2.45) is 5.41 Å². The number of carbonyl (C=O) groups excluding carboxylic acids is 6. The zero-order valence-corrected chi connectivity index (χ0v) is 37.6. The fraction of sp³-hybridized carbons (Fsp3) is 0.308. The molecule has 69 heavy (non-hydrogen) atoms. The molecule has 7 rings (SSSR count). The second-order valence-corrected chi connectivity index (χ2v) is 17.0. The lowest BCUT2D eigenvalue weighted by molar-refractivity contribution is -0.353. The van der Waals surface area contributed by atoms with Crippen LogP contribution in [0.5, 0.6) is 0 Å². The molecule has 0 amide bonds. The molecular formula is C52H50O17. The van der Waals surface area contributed by atoms with Crippen LogP contribution in [0, 0.1) is 5.41 Å². The van der Waals surface area contributed by atoms with Gasteiger partial charge in [0.1, 0.15) is 37.6 Å². The Morgan fingerprint density at radius 2 is 0.783 bits per heavy atom. The van der Waals surface area contributed by atoms with Crippen molar-refractivity contribution in [2.75, 3.05) is 13.2 Å². The Hall–Kier alpha value is -7.28. The van der Waals surface area contributed by atoms with E-state index in [0.717, 1.165) is 0 Å². The summed E-state index contributed by atoms with van der Waals surface area (Å²) in [6.45, 7) is 3.43. The molecule has 2 N–H and O–H groups in total. The molecule has 0 radical (unpaired) electrons. The molecule has 0 aliphatic carbocycles. The van der Waals surface area contributed by atoms with Gasteiger partial charge in [0.05, 0.1) is 33.2 Å². The monoisotopic (exact) mass is 946 g/mol. The van der Waals surface area contributed by atoms with Crippen LogP contribution in [0.1, 0.15) is 72.6 Å². The molecule has 0 spiro atoms. The lowest BCUT2D eigenvalue weighted by Gasteiger charge is -2.47. The van der Waals surface area contributed by atoms with Crippen molar-refractivity contribution in [3.8, 4) is 0 Å². The van der Waals surface area contributed by atoms with Crippen molar-refractivity contribution in [1.82, 2.24) is 0 Å².